The predicted molar refractivity (Wildman–Crippen MR) is 133 cm³/mol. The van der Waals surface area contributed by atoms with Crippen LogP contribution in [0.25, 0.3) is 0 Å². The minimum absolute atomic E-state index is 0.0453. The summed E-state index contributed by atoms with van der Waals surface area (Å²) in [5, 5.41) is 3.11. The molecule has 1 aliphatic heterocycles. The van der Waals surface area contributed by atoms with E-state index < -0.39 is 0 Å². The SMILES string of the molecule is CC1(CCNC(=O)c2cccc(OC3CCN(C(=O)c4ccccc4)CC3)c2)CC2C=CC1C2. The van der Waals surface area contributed by atoms with Gasteiger partial charge in [0.2, 0.25) is 0 Å². The number of rotatable bonds is 7. The molecule has 0 radical (unpaired) electrons. The molecule has 1 heterocycles. The van der Waals surface area contributed by atoms with Crippen LogP contribution in [-0.2, 0) is 0 Å². The van der Waals surface area contributed by atoms with Crippen LogP contribution in [0.1, 0.15) is 59.7 Å². The quantitative estimate of drug-likeness (QED) is 0.588. The molecular formula is C29H34N2O3. The van der Waals surface area contributed by atoms with Crippen LogP contribution in [0.5, 0.6) is 5.75 Å². The Morgan fingerprint density at radius 1 is 1.03 bits per heavy atom. The van der Waals surface area contributed by atoms with E-state index in [2.05, 4.69) is 24.4 Å². The van der Waals surface area contributed by atoms with Crippen LogP contribution in [0.2, 0.25) is 0 Å². The van der Waals surface area contributed by atoms with Crippen LogP contribution < -0.4 is 10.1 Å². The van der Waals surface area contributed by atoms with Crippen LogP contribution in [0.3, 0.4) is 0 Å². The van der Waals surface area contributed by atoms with Crippen molar-refractivity contribution in [3.8, 4) is 5.75 Å². The van der Waals surface area contributed by atoms with Crippen molar-refractivity contribution in [1.29, 1.82) is 0 Å². The number of ether oxygens (including phenoxy) is 1. The van der Waals surface area contributed by atoms with E-state index in [0.29, 0.717) is 42.3 Å². The lowest BCUT2D eigenvalue weighted by atomic mass is 9.75. The summed E-state index contributed by atoms with van der Waals surface area (Å²) in [6.45, 7) is 4.41. The highest BCUT2D eigenvalue weighted by Gasteiger charge is 2.44. The third-order valence-corrected chi connectivity index (χ3v) is 7.93. The van der Waals surface area contributed by atoms with Crippen molar-refractivity contribution in [2.24, 2.45) is 17.3 Å². The molecule has 1 saturated carbocycles. The van der Waals surface area contributed by atoms with Crippen molar-refractivity contribution < 1.29 is 14.3 Å². The highest BCUT2D eigenvalue weighted by molar-refractivity contribution is 5.95. The topological polar surface area (TPSA) is 58.6 Å². The molecule has 2 aromatic rings. The molecule has 3 aliphatic rings. The molecule has 0 spiro atoms. The van der Waals surface area contributed by atoms with E-state index in [4.69, 9.17) is 4.74 Å². The van der Waals surface area contributed by atoms with Crippen LogP contribution in [-0.4, -0.2) is 42.5 Å². The molecule has 3 unspecified atom stereocenters. The molecule has 1 saturated heterocycles. The number of hydrogen-bond donors (Lipinski definition) is 1. The molecule has 3 atom stereocenters. The molecular weight excluding hydrogens is 424 g/mol. The van der Waals surface area contributed by atoms with E-state index in [0.717, 1.165) is 30.7 Å². The Hall–Kier alpha value is -3.08. The van der Waals surface area contributed by atoms with Crippen molar-refractivity contribution in [1.82, 2.24) is 10.2 Å². The summed E-state index contributed by atoms with van der Waals surface area (Å²) in [5.74, 6) is 2.15. The first kappa shape index (κ1) is 22.7. The summed E-state index contributed by atoms with van der Waals surface area (Å²) in [4.78, 5) is 27.3. The number of hydrogen-bond acceptors (Lipinski definition) is 3. The van der Waals surface area contributed by atoms with Crippen molar-refractivity contribution in [2.75, 3.05) is 19.6 Å². The summed E-state index contributed by atoms with van der Waals surface area (Å²) < 4.78 is 6.19. The minimum atomic E-state index is -0.0453. The molecule has 2 fully saturated rings. The molecule has 34 heavy (non-hydrogen) atoms. The van der Waals surface area contributed by atoms with E-state index in [9.17, 15) is 9.59 Å². The lowest BCUT2D eigenvalue weighted by Gasteiger charge is -2.32. The van der Waals surface area contributed by atoms with Gasteiger partial charge in [0.25, 0.3) is 11.8 Å². The van der Waals surface area contributed by atoms with Gasteiger partial charge in [-0.2, -0.15) is 0 Å². The Morgan fingerprint density at radius 2 is 1.79 bits per heavy atom. The maximum atomic E-state index is 12.8. The maximum Gasteiger partial charge on any atom is 0.253 e. The van der Waals surface area contributed by atoms with Gasteiger partial charge in [-0.05, 0) is 66.8 Å². The fourth-order valence-electron chi connectivity index (χ4n) is 5.89. The first-order valence-electron chi connectivity index (χ1n) is 12.6. The number of allylic oxidation sites excluding steroid dienone is 2. The van der Waals surface area contributed by atoms with Crippen molar-refractivity contribution in [2.45, 2.75) is 45.1 Å². The van der Waals surface area contributed by atoms with Gasteiger partial charge in [-0.25, -0.2) is 0 Å². The van der Waals surface area contributed by atoms with Crippen LogP contribution in [0.4, 0.5) is 0 Å². The average molecular weight is 459 g/mol. The second-order valence-electron chi connectivity index (χ2n) is 10.4. The second-order valence-corrected chi connectivity index (χ2v) is 10.4. The number of nitrogens with one attached hydrogen (secondary N) is 1. The number of amides is 2. The molecule has 2 aliphatic carbocycles. The normalized spacial score (nSPS) is 26.0. The molecule has 1 N–H and O–H groups in total. The first-order valence-corrected chi connectivity index (χ1v) is 12.6. The van der Waals surface area contributed by atoms with Gasteiger partial charge in [0, 0.05) is 43.6 Å². The lowest BCUT2D eigenvalue weighted by Crippen LogP contribution is -2.41. The zero-order valence-electron chi connectivity index (χ0n) is 19.9. The van der Waals surface area contributed by atoms with Gasteiger partial charge >= 0.3 is 0 Å². The van der Waals surface area contributed by atoms with E-state index in [1.165, 1.54) is 12.8 Å². The van der Waals surface area contributed by atoms with Gasteiger partial charge < -0.3 is 15.0 Å². The molecule has 5 heteroatoms. The monoisotopic (exact) mass is 458 g/mol. The molecule has 2 amide bonds. The van der Waals surface area contributed by atoms with Crippen LogP contribution in [0.15, 0.2) is 66.7 Å². The summed E-state index contributed by atoms with van der Waals surface area (Å²) >= 11 is 0. The summed E-state index contributed by atoms with van der Waals surface area (Å²) in [5.41, 5.74) is 1.67. The van der Waals surface area contributed by atoms with Crippen LogP contribution >= 0.6 is 0 Å². The Kier molecular flexibility index (Phi) is 6.44. The number of fused-ring (bicyclic) bond motifs is 2. The number of benzene rings is 2. The Labute approximate surface area is 202 Å². The van der Waals surface area contributed by atoms with Gasteiger partial charge in [0.1, 0.15) is 11.9 Å². The standard InChI is InChI=1S/C29H34N2O3/c1-29(20-21-10-11-24(29)18-21)14-15-30-27(32)23-8-5-9-26(19-23)34-25-12-16-31(17-13-25)28(33)22-6-3-2-4-7-22/h2-11,19,21,24-25H,12-18,20H2,1H3,(H,30,32). The van der Waals surface area contributed by atoms with Crippen LogP contribution in [0, 0.1) is 17.3 Å². The third kappa shape index (κ3) is 4.89. The first-order chi connectivity index (χ1) is 16.5. The van der Waals surface area contributed by atoms with Gasteiger partial charge in [-0.3, -0.25) is 9.59 Å². The van der Waals surface area contributed by atoms with Gasteiger partial charge in [-0.1, -0.05) is 43.3 Å². The van der Waals surface area contributed by atoms with Gasteiger partial charge in [0.15, 0.2) is 0 Å². The molecule has 5 nitrogen and oxygen atoms in total. The summed E-state index contributed by atoms with van der Waals surface area (Å²) in [7, 11) is 0. The van der Waals surface area contributed by atoms with E-state index in [1.807, 2.05) is 59.5 Å². The highest BCUT2D eigenvalue weighted by atomic mass is 16.5. The fourth-order valence-corrected chi connectivity index (χ4v) is 5.89. The van der Waals surface area contributed by atoms with Gasteiger partial charge in [-0.15, -0.1) is 0 Å². The minimum Gasteiger partial charge on any atom is -0.490 e. The highest BCUT2D eigenvalue weighted by Crippen LogP contribution is 2.53. The maximum absolute atomic E-state index is 12.8. The van der Waals surface area contributed by atoms with E-state index >= 15 is 0 Å². The zero-order chi connectivity index (χ0) is 23.5. The fraction of sp³-hybridized carbons (Fsp3) is 0.448. The van der Waals surface area contributed by atoms with E-state index in [1.54, 1.807) is 0 Å². The number of piperidine rings is 1. The molecule has 178 valence electrons. The second kappa shape index (κ2) is 9.65. The molecule has 0 aromatic heterocycles. The van der Waals surface area contributed by atoms with Crippen molar-refractivity contribution in [3.63, 3.8) is 0 Å². The number of carbonyl (C=O) groups excluding carboxylic acids is 2. The Morgan fingerprint density at radius 3 is 2.50 bits per heavy atom. The van der Waals surface area contributed by atoms with Crippen molar-refractivity contribution >= 4 is 11.8 Å². The third-order valence-electron chi connectivity index (χ3n) is 7.93. The average Bonchev–Trinajstić information content (AvgIpc) is 3.46. The molecule has 5 rings (SSSR count). The number of carbonyl (C=O) groups is 2. The summed E-state index contributed by atoms with van der Waals surface area (Å²) in [6.07, 6.45) is 9.88. The number of likely N-dealkylation sites (tertiary alicyclic amines) is 1. The smallest absolute Gasteiger partial charge is 0.253 e. The summed E-state index contributed by atoms with van der Waals surface area (Å²) in [6, 6.07) is 16.9. The molecule has 2 aromatic carbocycles. The molecule has 2 bridgehead atoms. The lowest BCUT2D eigenvalue weighted by molar-refractivity contribution is 0.0594. The predicted octanol–water partition coefficient (Wildman–Crippen LogP) is 5.09. The zero-order valence-corrected chi connectivity index (χ0v) is 19.9. The van der Waals surface area contributed by atoms with E-state index in [-0.39, 0.29) is 17.9 Å². The van der Waals surface area contributed by atoms with Gasteiger partial charge in [0.05, 0.1) is 0 Å². The Bertz CT molecular complexity index is 1060. The largest absolute Gasteiger partial charge is 0.490 e. The number of nitrogens with zero attached hydrogens (tertiary/aromatic N) is 1. The Balaban J connectivity index is 1.09. The van der Waals surface area contributed by atoms with Crippen molar-refractivity contribution in [3.05, 3.63) is 77.9 Å².